The summed E-state index contributed by atoms with van der Waals surface area (Å²) in [6.07, 6.45) is 0.0453. The molecule has 0 aliphatic heterocycles. The molecule has 2 saturated carbocycles. The molecule has 3 aromatic rings. The largest absolute Gasteiger partial charge is 0.387 e. The minimum Gasteiger partial charge on any atom is -0.387 e. The number of nitrogens with one attached hydrogen (secondary N) is 1. The zero-order chi connectivity index (χ0) is 28.1. The molecular formula is C28H25ClF3NO5S. The van der Waals surface area contributed by atoms with Gasteiger partial charge in [-0.1, -0.05) is 41.9 Å². The number of fused-ring (bicyclic) bond motifs is 2. The van der Waals surface area contributed by atoms with Gasteiger partial charge in [-0.25, -0.2) is 21.6 Å². The number of hydrogen-bond acceptors (Lipinski definition) is 5. The summed E-state index contributed by atoms with van der Waals surface area (Å²) in [6, 6.07) is 13.5. The fraction of sp³-hybridized carbons (Fsp3) is 0.321. The summed E-state index contributed by atoms with van der Waals surface area (Å²) in [5, 5.41) is 23.6. The molecule has 0 spiro atoms. The molecule has 206 valence electrons. The molecule has 2 aliphatic carbocycles. The van der Waals surface area contributed by atoms with Crippen LogP contribution in [0.2, 0.25) is 5.02 Å². The Morgan fingerprint density at radius 1 is 0.974 bits per heavy atom. The molecule has 0 aromatic heterocycles. The molecular weight excluding hydrogens is 555 g/mol. The van der Waals surface area contributed by atoms with Crippen molar-refractivity contribution in [2.75, 3.05) is 5.32 Å². The number of benzene rings is 3. The van der Waals surface area contributed by atoms with Crippen LogP contribution >= 0.6 is 11.6 Å². The molecule has 0 heterocycles. The summed E-state index contributed by atoms with van der Waals surface area (Å²) in [7, 11) is -4.09. The minimum atomic E-state index is -4.09. The maximum atomic E-state index is 13.9. The quantitative estimate of drug-likeness (QED) is 0.338. The smallest absolute Gasteiger partial charge is 0.255 e. The van der Waals surface area contributed by atoms with Gasteiger partial charge >= 0.3 is 0 Å². The van der Waals surface area contributed by atoms with E-state index in [2.05, 4.69) is 5.32 Å². The maximum absolute atomic E-state index is 13.9. The Balaban J connectivity index is 1.40. The molecule has 3 aromatic carbocycles. The predicted molar refractivity (Wildman–Crippen MR) is 138 cm³/mol. The van der Waals surface area contributed by atoms with Gasteiger partial charge < -0.3 is 15.5 Å². The highest BCUT2D eigenvalue weighted by atomic mass is 35.5. The van der Waals surface area contributed by atoms with Crippen LogP contribution in [-0.4, -0.2) is 35.4 Å². The summed E-state index contributed by atoms with van der Waals surface area (Å²) in [5.41, 5.74) is -1.44. The van der Waals surface area contributed by atoms with Gasteiger partial charge in [-0.05, 0) is 61.3 Å². The number of carbonyl (C=O) groups excluding carboxylic acids is 1. The van der Waals surface area contributed by atoms with E-state index in [4.69, 9.17) is 11.6 Å². The summed E-state index contributed by atoms with van der Waals surface area (Å²) in [5.74, 6) is -6.44. The van der Waals surface area contributed by atoms with Gasteiger partial charge in [-0.3, -0.25) is 4.79 Å². The van der Waals surface area contributed by atoms with Crippen LogP contribution in [0.4, 0.5) is 18.9 Å². The van der Waals surface area contributed by atoms with Crippen molar-refractivity contribution in [1.29, 1.82) is 0 Å². The Hall–Kier alpha value is -2.92. The lowest BCUT2D eigenvalue weighted by Crippen LogP contribution is -2.49. The number of anilines is 1. The number of rotatable bonds is 6. The standard InChI is InChI=1S/C28H25ClF3NO5S/c29-20-9-8-16(27(35)33-19-11-21(30)24(32)22(31)12-19)10-23(20)39(37,38)25-17-6-7-18(25)14-28(36,13-17)26(34)15-4-2-1-3-5-15/h1-5,8-12,17-18,25-26,34,36H,6-7,13-14H2,(H,33,35)/t17-,18?,25?,26?,28+/m0/s1. The lowest BCUT2D eigenvalue weighted by molar-refractivity contribution is -0.113. The van der Waals surface area contributed by atoms with Gasteiger partial charge in [0.15, 0.2) is 27.3 Å². The second kappa shape index (κ2) is 10.2. The van der Waals surface area contributed by atoms with Crippen molar-refractivity contribution in [2.24, 2.45) is 11.8 Å². The Morgan fingerprint density at radius 2 is 1.56 bits per heavy atom. The lowest BCUT2D eigenvalue weighted by atomic mass is 9.73. The van der Waals surface area contributed by atoms with Gasteiger partial charge in [-0.2, -0.15) is 0 Å². The number of sulfone groups is 1. The number of carbonyl (C=O) groups is 1. The van der Waals surface area contributed by atoms with Crippen molar-refractivity contribution in [2.45, 2.75) is 47.5 Å². The number of amides is 1. The normalized spacial score (nSPS) is 25.3. The second-order valence-corrected chi connectivity index (χ2v) is 12.8. The number of hydrogen-bond donors (Lipinski definition) is 3. The van der Waals surface area contributed by atoms with E-state index in [-0.39, 0.29) is 34.0 Å². The summed E-state index contributed by atoms with van der Waals surface area (Å²) < 4.78 is 68.1. The van der Waals surface area contributed by atoms with Crippen LogP contribution < -0.4 is 5.32 Å². The van der Waals surface area contributed by atoms with Crippen LogP contribution in [0.25, 0.3) is 0 Å². The first-order valence-electron chi connectivity index (χ1n) is 12.4. The van der Waals surface area contributed by atoms with E-state index < -0.39 is 62.0 Å². The molecule has 39 heavy (non-hydrogen) atoms. The molecule has 2 aliphatic rings. The lowest BCUT2D eigenvalue weighted by Gasteiger charge is -2.43. The Morgan fingerprint density at radius 3 is 2.15 bits per heavy atom. The van der Waals surface area contributed by atoms with Crippen molar-refractivity contribution in [3.05, 3.63) is 94.3 Å². The number of halogens is 4. The van der Waals surface area contributed by atoms with Crippen molar-refractivity contribution < 1.29 is 36.6 Å². The van der Waals surface area contributed by atoms with E-state index in [0.717, 1.165) is 6.07 Å². The van der Waals surface area contributed by atoms with Gasteiger partial charge in [0.1, 0.15) is 6.10 Å². The third-order valence-corrected chi connectivity index (χ3v) is 10.7. The average Bonchev–Trinajstić information content (AvgIpc) is 3.20. The van der Waals surface area contributed by atoms with Crippen molar-refractivity contribution in [3.63, 3.8) is 0 Å². The van der Waals surface area contributed by atoms with Gasteiger partial charge in [0, 0.05) is 23.4 Å². The Labute approximate surface area is 228 Å². The first-order chi connectivity index (χ1) is 18.4. The predicted octanol–water partition coefficient (Wildman–Crippen LogP) is 5.44. The highest BCUT2D eigenvalue weighted by Gasteiger charge is 2.56. The van der Waals surface area contributed by atoms with Crippen molar-refractivity contribution in [3.8, 4) is 0 Å². The number of aliphatic hydroxyl groups excluding tert-OH is 1. The third kappa shape index (κ3) is 5.06. The molecule has 2 bridgehead atoms. The van der Waals surface area contributed by atoms with Crippen LogP contribution in [0.5, 0.6) is 0 Å². The third-order valence-electron chi connectivity index (χ3n) is 7.79. The molecule has 11 heteroatoms. The van der Waals surface area contributed by atoms with E-state index in [1.165, 1.54) is 12.1 Å². The van der Waals surface area contributed by atoms with Gasteiger partial charge in [0.25, 0.3) is 5.91 Å². The molecule has 1 amide bonds. The van der Waals surface area contributed by atoms with Crippen LogP contribution in [0.1, 0.15) is 47.7 Å². The maximum Gasteiger partial charge on any atom is 0.255 e. The van der Waals surface area contributed by atoms with E-state index in [9.17, 15) is 36.6 Å². The molecule has 6 nitrogen and oxygen atoms in total. The van der Waals surface area contributed by atoms with E-state index >= 15 is 0 Å². The molecule has 3 unspecified atom stereocenters. The highest BCUT2D eigenvalue weighted by Crippen LogP contribution is 2.54. The topological polar surface area (TPSA) is 104 Å². The van der Waals surface area contributed by atoms with E-state index in [0.29, 0.717) is 30.5 Å². The summed E-state index contributed by atoms with van der Waals surface area (Å²) in [6.45, 7) is 0. The second-order valence-electron chi connectivity index (χ2n) is 10.3. The highest BCUT2D eigenvalue weighted by molar-refractivity contribution is 7.92. The van der Waals surface area contributed by atoms with Gasteiger partial charge in [0.2, 0.25) is 0 Å². The fourth-order valence-corrected chi connectivity index (χ4v) is 8.93. The molecule has 5 atom stereocenters. The zero-order valence-corrected chi connectivity index (χ0v) is 22.0. The van der Waals surface area contributed by atoms with Crippen molar-refractivity contribution >= 4 is 33.0 Å². The SMILES string of the molecule is O=C(Nc1cc(F)c(F)c(F)c1)c1ccc(Cl)c(S(=O)(=O)C2C3CC[C@H]2C[C@](O)(C(O)c2ccccc2)C3)c1. The first-order valence-corrected chi connectivity index (χ1v) is 14.3. The van der Waals surface area contributed by atoms with Crippen molar-refractivity contribution in [1.82, 2.24) is 0 Å². The summed E-state index contributed by atoms with van der Waals surface area (Å²) >= 11 is 6.29. The molecule has 3 N–H and O–H groups in total. The molecule has 5 rings (SSSR count). The van der Waals surface area contributed by atoms with Gasteiger partial charge in [0.05, 0.1) is 20.8 Å². The Kier molecular flexibility index (Phi) is 7.26. The number of aliphatic hydroxyl groups is 2. The first kappa shape index (κ1) is 27.6. The molecule has 2 fully saturated rings. The van der Waals surface area contributed by atoms with Crippen LogP contribution in [0.3, 0.4) is 0 Å². The van der Waals surface area contributed by atoms with Gasteiger partial charge in [-0.15, -0.1) is 0 Å². The summed E-state index contributed by atoms with van der Waals surface area (Å²) in [4.78, 5) is 12.5. The van der Waals surface area contributed by atoms with E-state index in [1.54, 1.807) is 30.3 Å². The fourth-order valence-electron chi connectivity index (χ4n) is 6.09. The average molecular weight is 580 g/mol. The molecule has 0 radical (unpaired) electrons. The monoisotopic (exact) mass is 579 g/mol. The minimum absolute atomic E-state index is 0.0724. The van der Waals surface area contributed by atoms with Crippen LogP contribution in [-0.2, 0) is 9.84 Å². The zero-order valence-electron chi connectivity index (χ0n) is 20.5. The van der Waals surface area contributed by atoms with Crippen LogP contribution in [0.15, 0.2) is 65.6 Å². The Bertz CT molecular complexity index is 1500. The molecule has 0 saturated heterocycles. The van der Waals surface area contributed by atoms with E-state index in [1.807, 2.05) is 0 Å². The van der Waals surface area contributed by atoms with Crippen LogP contribution in [0, 0.1) is 29.3 Å².